The average molecular weight is 464 g/mol. The van der Waals surface area contributed by atoms with E-state index in [1.54, 1.807) is 20.8 Å². The number of carboxylic acids is 1. The molecule has 0 bridgehead atoms. The van der Waals surface area contributed by atoms with Crippen LogP contribution in [0.5, 0.6) is 0 Å². The number of ether oxygens (including phenoxy) is 1. The fourth-order valence-electron chi connectivity index (χ4n) is 3.01. The van der Waals surface area contributed by atoms with Gasteiger partial charge in [0.15, 0.2) is 5.78 Å². The molecule has 0 saturated carbocycles. The molecule has 0 aliphatic rings. The number of rotatable bonds is 12. The number of benzene rings is 1. The van der Waals surface area contributed by atoms with Crippen LogP contribution in [-0.4, -0.2) is 59.1 Å². The van der Waals surface area contributed by atoms with E-state index in [0.717, 1.165) is 5.56 Å². The van der Waals surface area contributed by atoms with Crippen molar-refractivity contribution >= 4 is 23.8 Å². The van der Waals surface area contributed by atoms with Crippen LogP contribution in [0.25, 0.3) is 0 Å². The molecule has 0 saturated heterocycles. The predicted molar refractivity (Wildman–Crippen MR) is 125 cm³/mol. The van der Waals surface area contributed by atoms with E-state index in [9.17, 15) is 24.3 Å². The maximum Gasteiger partial charge on any atom is 0.408 e. The van der Waals surface area contributed by atoms with E-state index >= 15 is 0 Å². The van der Waals surface area contributed by atoms with Crippen LogP contribution < -0.4 is 16.0 Å². The van der Waals surface area contributed by atoms with Crippen molar-refractivity contribution in [3.8, 4) is 0 Å². The second-order valence-electron chi connectivity index (χ2n) is 9.49. The Bertz CT molecular complexity index is 804. The number of carbonyl (C=O) groups is 4. The van der Waals surface area contributed by atoms with Crippen molar-refractivity contribution in [1.29, 1.82) is 0 Å². The molecular weight excluding hydrogens is 426 g/mol. The molecule has 1 rings (SSSR count). The number of hydrogen-bond donors (Lipinski definition) is 4. The van der Waals surface area contributed by atoms with Gasteiger partial charge in [-0.25, -0.2) is 9.59 Å². The minimum Gasteiger partial charge on any atom is -0.480 e. The van der Waals surface area contributed by atoms with Crippen LogP contribution >= 0.6 is 0 Å². The average Bonchev–Trinajstić information content (AvgIpc) is 2.68. The molecule has 3 atom stereocenters. The van der Waals surface area contributed by atoms with Gasteiger partial charge in [-0.05, 0) is 52.0 Å². The molecule has 0 spiro atoms. The molecule has 0 fully saturated rings. The molecule has 1 aromatic carbocycles. The molecule has 184 valence electrons. The lowest BCUT2D eigenvalue weighted by Crippen LogP contribution is -2.53. The van der Waals surface area contributed by atoms with Gasteiger partial charge >= 0.3 is 12.1 Å². The number of aliphatic carboxylic acids is 1. The summed E-state index contributed by atoms with van der Waals surface area (Å²) in [6, 6.07) is 6.52. The number of carboxylic acid groups (broad SMARTS) is 1. The van der Waals surface area contributed by atoms with Gasteiger partial charge in [-0.3, -0.25) is 14.9 Å². The summed E-state index contributed by atoms with van der Waals surface area (Å²) in [6.07, 6.45) is -0.156. The predicted octanol–water partition coefficient (Wildman–Crippen LogP) is 2.29. The van der Waals surface area contributed by atoms with Gasteiger partial charge in [0, 0.05) is 0 Å². The Hall–Kier alpha value is -2.94. The second-order valence-corrected chi connectivity index (χ2v) is 9.49. The third kappa shape index (κ3) is 11.5. The van der Waals surface area contributed by atoms with Gasteiger partial charge in [0.25, 0.3) is 0 Å². The molecule has 0 unspecified atom stereocenters. The second kappa shape index (κ2) is 12.9. The van der Waals surface area contributed by atoms with Crippen molar-refractivity contribution < 1.29 is 29.0 Å². The maximum absolute atomic E-state index is 12.9. The highest BCUT2D eigenvalue weighted by molar-refractivity contribution is 5.90. The first-order valence-corrected chi connectivity index (χ1v) is 11.1. The topological polar surface area (TPSA) is 134 Å². The van der Waals surface area contributed by atoms with Crippen molar-refractivity contribution in [3.63, 3.8) is 0 Å². The Morgan fingerprint density at radius 3 is 2.09 bits per heavy atom. The van der Waals surface area contributed by atoms with Crippen molar-refractivity contribution in [2.24, 2.45) is 5.92 Å². The van der Waals surface area contributed by atoms with Crippen molar-refractivity contribution in [1.82, 2.24) is 16.0 Å². The zero-order valence-corrected chi connectivity index (χ0v) is 20.3. The van der Waals surface area contributed by atoms with Gasteiger partial charge in [-0.1, -0.05) is 44.2 Å². The van der Waals surface area contributed by atoms with Crippen LogP contribution in [0, 0.1) is 5.92 Å². The highest BCUT2D eigenvalue weighted by Crippen LogP contribution is 2.09. The molecule has 0 aliphatic heterocycles. The zero-order valence-electron chi connectivity index (χ0n) is 20.3. The van der Waals surface area contributed by atoms with E-state index in [1.807, 2.05) is 44.2 Å². The minimum absolute atomic E-state index is 0.0771. The smallest absolute Gasteiger partial charge is 0.408 e. The SMILES string of the molecule is CC(C)C[C@H](NC(=O)[C@H](Cc1ccccc1)NCC(=O)[C@H](C)NC(=O)OC(C)(C)C)C(=O)O. The third-order valence-corrected chi connectivity index (χ3v) is 4.66. The van der Waals surface area contributed by atoms with Gasteiger partial charge in [0.05, 0.1) is 18.6 Å². The first-order chi connectivity index (χ1) is 15.3. The normalized spacial score (nSPS) is 14.2. The third-order valence-electron chi connectivity index (χ3n) is 4.66. The van der Waals surface area contributed by atoms with E-state index < -0.39 is 41.7 Å². The molecule has 0 aromatic heterocycles. The molecule has 1 aromatic rings. The molecule has 0 radical (unpaired) electrons. The van der Waals surface area contributed by atoms with E-state index in [0.29, 0.717) is 0 Å². The fourth-order valence-corrected chi connectivity index (χ4v) is 3.01. The monoisotopic (exact) mass is 463 g/mol. The molecule has 33 heavy (non-hydrogen) atoms. The largest absolute Gasteiger partial charge is 0.480 e. The summed E-state index contributed by atoms with van der Waals surface area (Å²) < 4.78 is 5.16. The zero-order chi connectivity index (χ0) is 25.2. The van der Waals surface area contributed by atoms with Crippen molar-refractivity contribution in [3.05, 3.63) is 35.9 Å². The standard InChI is InChI=1S/C24H37N3O6/c1-15(2)12-19(22(30)31)27-21(29)18(13-17-10-8-7-9-11-17)25-14-20(28)16(3)26-23(32)33-24(4,5)6/h7-11,15-16,18-19,25H,12-14H2,1-6H3,(H,26,32)(H,27,29)(H,30,31)/t16-,18-,19-/m0/s1. The number of alkyl carbamates (subject to hydrolysis) is 1. The van der Waals surface area contributed by atoms with Crippen LogP contribution in [0.1, 0.15) is 53.5 Å². The van der Waals surface area contributed by atoms with Crippen LogP contribution in [0.15, 0.2) is 30.3 Å². The fraction of sp³-hybridized carbons (Fsp3) is 0.583. The van der Waals surface area contributed by atoms with E-state index in [2.05, 4.69) is 16.0 Å². The van der Waals surface area contributed by atoms with Gasteiger partial charge in [0.2, 0.25) is 5.91 Å². The number of Topliss-reactive ketones (excluding diaryl/α,β-unsaturated/α-hetero) is 1. The molecule has 9 heteroatoms. The Kier molecular flexibility index (Phi) is 11.0. The van der Waals surface area contributed by atoms with E-state index in [1.165, 1.54) is 6.92 Å². The van der Waals surface area contributed by atoms with Crippen LogP contribution in [0.4, 0.5) is 4.79 Å². The summed E-state index contributed by atoms with van der Waals surface area (Å²) in [5, 5.41) is 17.4. The lowest BCUT2D eigenvalue weighted by Gasteiger charge is -2.24. The van der Waals surface area contributed by atoms with E-state index in [-0.39, 0.29) is 31.1 Å². The maximum atomic E-state index is 12.9. The van der Waals surface area contributed by atoms with Gasteiger partial charge in [-0.2, -0.15) is 0 Å². The summed E-state index contributed by atoms with van der Waals surface area (Å²) in [4.78, 5) is 48.9. The molecular formula is C24H37N3O6. The Morgan fingerprint density at radius 1 is 0.970 bits per heavy atom. The lowest BCUT2D eigenvalue weighted by atomic mass is 10.0. The summed E-state index contributed by atoms with van der Waals surface area (Å²) in [5.41, 5.74) is 0.161. The summed E-state index contributed by atoms with van der Waals surface area (Å²) in [7, 11) is 0. The van der Waals surface area contributed by atoms with Gasteiger partial charge in [-0.15, -0.1) is 0 Å². The lowest BCUT2D eigenvalue weighted by molar-refractivity contribution is -0.142. The quantitative estimate of drug-likeness (QED) is 0.374. The number of ketones is 1. The molecule has 9 nitrogen and oxygen atoms in total. The summed E-state index contributed by atoms with van der Waals surface area (Å²) in [5.74, 6) is -1.88. The van der Waals surface area contributed by atoms with Crippen molar-refractivity contribution in [2.45, 2.75) is 78.1 Å². The molecule has 0 heterocycles. The Morgan fingerprint density at radius 2 is 1.58 bits per heavy atom. The molecule has 0 aliphatic carbocycles. The van der Waals surface area contributed by atoms with Crippen LogP contribution in [0.2, 0.25) is 0 Å². The van der Waals surface area contributed by atoms with Gasteiger partial charge < -0.3 is 20.5 Å². The van der Waals surface area contributed by atoms with Crippen molar-refractivity contribution in [2.75, 3.05) is 6.54 Å². The molecule has 4 N–H and O–H groups in total. The summed E-state index contributed by atoms with van der Waals surface area (Å²) in [6.45, 7) is 10.2. The highest BCUT2D eigenvalue weighted by atomic mass is 16.6. The van der Waals surface area contributed by atoms with Gasteiger partial charge in [0.1, 0.15) is 11.6 Å². The first kappa shape index (κ1) is 28.1. The summed E-state index contributed by atoms with van der Waals surface area (Å²) >= 11 is 0. The number of carbonyl (C=O) groups excluding carboxylic acids is 3. The number of nitrogens with one attached hydrogen (secondary N) is 3. The first-order valence-electron chi connectivity index (χ1n) is 11.1. The number of hydrogen-bond acceptors (Lipinski definition) is 6. The van der Waals surface area contributed by atoms with Crippen LogP contribution in [0.3, 0.4) is 0 Å². The van der Waals surface area contributed by atoms with E-state index in [4.69, 9.17) is 4.74 Å². The highest BCUT2D eigenvalue weighted by Gasteiger charge is 2.27. The Labute approximate surface area is 195 Å². The minimum atomic E-state index is -1.11. The molecule has 2 amide bonds. The van der Waals surface area contributed by atoms with Crippen LogP contribution in [-0.2, 0) is 25.5 Å². The number of amides is 2. The Balaban J connectivity index is 2.83.